The summed E-state index contributed by atoms with van der Waals surface area (Å²) in [5.74, 6) is 0. The minimum absolute atomic E-state index is 0. The summed E-state index contributed by atoms with van der Waals surface area (Å²) >= 11 is 13.1. The fourth-order valence-corrected chi connectivity index (χ4v) is 24.7. The third kappa shape index (κ3) is 14.2. The topological polar surface area (TPSA) is 0 Å². The zero-order valence-corrected chi connectivity index (χ0v) is 61.4. The molecule has 13 aromatic carbocycles. The largest absolute Gasteiger partial charge is 1.00 e. The molecule has 0 nitrogen and oxygen atoms in total. The Morgan fingerprint density at radius 2 is 0.691 bits per heavy atom. The summed E-state index contributed by atoms with van der Waals surface area (Å²) in [6.45, 7) is 14.3. The number of benzene rings is 12. The van der Waals surface area contributed by atoms with Crippen molar-refractivity contribution in [3.05, 3.63) is 377 Å². The molecule has 7 heteroatoms. The van der Waals surface area contributed by atoms with Gasteiger partial charge in [0.25, 0.3) is 0 Å². The van der Waals surface area contributed by atoms with Crippen molar-refractivity contribution in [2.45, 2.75) is 58.8 Å². The van der Waals surface area contributed by atoms with E-state index in [1.165, 1.54) is 136 Å². The molecule has 0 spiro atoms. The van der Waals surface area contributed by atoms with Gasteiger partial charge in [0.15, 0.2) is 16.1 Å². The van der Waals surface area contributed by atoms with Crippen LogP contribution in [0.1, 0.15) is 74.9 Å². The summed E-state index contributed by atoms with van der Waals surface area (Å²) < 4.78 is 1.31. The SMILES string of the molecule is CC(C)(C)c1cc2c([c-]c1-c1ccccc1[Si](c1ccccc1)(c1ccccc1)c1ccccc1)Cc1cc(-c3ccccc3[Si](c3ccccc3)(c3ccccc3)c3ccccc3)c(C(C)(C)C)cc1-2.Clc1ccc([C](=[Zr+2])c2ccc(Cl)cc2)cc1.[Cl-].[Cl-].c1cc[cH-]c1. The Hall–Kier alpha value is -7.66. The third-order valence-corrected chi connectivity index (χ3v) is 29.6. The molecule has 0 atom stereocenters. The third-order valence-electron chi connectivity index (χ3n) is 18.0. The smallest absolute Gasteiger partial charge is 0.172 e. The molecule has 464 valence electrons. The molecule has 14 rings (SSSR count). The van der Waals surface area contributed by atoms with Crippen LogP contribution in [0.4, 0.5) is 0 Å². The van der Waals surface area contributed by atoms with Crippen molar-refractivity contribution in [3.63, 3.8) is 0 Å². The average Bonchev–Trinajstić information content (AvgIpc) is 1.02. The molecule has 94 heavy (non-hydrogen) atoms. The van der Waals surface area contributed by atoms with Crippen LogP contribution >= 0.6 is 23.2 Å². The Bertz CT molecular complexity index is 4110. The molecular weight excluding hydrogens is 1330 g/mol. The Morgan fingerprint density at radius 1 is 0.362 bits per heavy atom. The summed E-state index contributed by atoms with van der Waals surface area (Å²) in [5.41, 5.74) is 15.2. The van der Waals surface area contributed by atoms with Crippen LogP contribution in [0, 0.1) is 6.07 Å². The fourth-order valence-electron chi connectivity index (χ4n) is 13.7. The molecule has 0 N–H and O–H groups in total. The van der Waals surface area contributed by atoms with Gasteiger partial charge in [-0.3, -0.25) is 0 Å². The standard InChI is InChI=1S/C69H61Si2.C13H8Cl2.C5H5.2ClH.Zr/c1-68(2,3)64-48-60-50(46-62(64)58-41-25-27-43-66(58)70(52-29-13-7-14-30-52,53-31-15-8-16-32-53)54-33-17-9-18-34-54)45-51-47-63(65(49-61(51)60)69(4,5)6)59-42-26-28-44-67(59)71(55-35-19-10-20-36-55,56-37-21-11-22-38-56)57-39-23-12-24-40-57;14-12-5-1-10(2-6-12)9-11-3-7-13(15)8-4-11;1-2-4-5-3-1;;;/h7-44,46,48-49H,45H2,1-6H3;1-8H;1-5H;2*1H;/q-1;;-1;;;+2/p-2. The van der Waals surface area contributed by atoms with Gasteiger partial charge in [-0.1, -0.05) is 306 Å². The fraction of sp³-hybridized carbons (Fsp3) is 0.103. The first-order valence-electron chi connectivity index (χ1n) is 31.7. The first-order chi connectivity index (χ1) is 44.7. The van der Waals surface area contributed by atoms with E-state index in [0.29, 0.717) is 0 Å². The second-order valence-corrected chi connectivity index (χ2v) is 35.5. The normalized spacial score (nSPS) is 11.7. The summed E-state index contributed by atoms with van der Waals surface area (Å²) in [4.78, 5) is 0. The maximum atomic E-state index is 5.86. The van der Waals surface area contributed by atoms with Gasteiger partial charge in [-0.15, -0.1) is 28.8 Å². The number of halogens is 4. The van der Waals surface area contributed by atoms with E-state index in [2.05, 4.69) is 296 Å². The van der Waals surface area contributed by atoms with Gasteiger partial charge in [-0.25, -0.2) is 12.1 Å². The van der Waals surface area contributed by atoms with Gasteiger partial charge in [-0.2, -0.15) is 18.2 Å². The van der Waals surface area contributed by atoms with E-state index in [1.54, 1.807) is 0 Å². The van der Waals surface area contributed by atoms with Crippen LogP contribution in [-0.2, 0) is 41.5 Å². The summed E-state index contributed by atoms with van der Waals surface area (Å²) in [6, 6.07) is 124. The summed E-state index contributed by atoms with van der Waals surface area (Å²) in [5, 5.41) is 12.6. The van der Waals surface area contributed by atoms with Gasteiger partial charge < -0.3 is 24.8 Å². The van der Waals surface area contributed by atoms with Crippen LogP contribution < -0.4 is 66.3 Å². The molecular formula is C87H74Cl4Si2Zr-2. The maximum Gasteiger partial charge on any atom is -0.172 e. The molecule has 0 aromatic heterocycles. The minimum atomic E-state index is -2.88. The number of hydrogen-bond donors (Lipinski definition) is 0. The monoisotopic (exact) mass is 1400 g/mol. The molecule has 0 aliphatic heterocycles. The van der Waals surface area contributed by atoms with Gasteiger partial charge >= 0.3 is 120 Å². The molecule has 13 aromatic rings. The Morgan fingerprint density at radius 3 is 1.04 bits per heavy atom. The molecule has 0 fully saturated rings. The Kier molecular flexibility index (Phi) is 22.4. The van der Waals surface area contributed by atoms with Crippen molar-refractivity contribution in [3.8, 4) is 33.4 Å². The first kappa shape index (κ1) is 69.2. The van der Waals surface area contributed by atoms with Gasteiger partial charge in [0.05, 0.1) is 0 Å². The average molecular weight is 1410 g/mol. The second kappa shape index (κ2) is 30.4. The van der Waals surface area contributed by atoms with Gasteiger partial charge in [0, 0.05) is 0 Å². The van der Waals surface area contributed by atoms with E-state index in [4.69, 9.17) is 23.2 Å². The van der Waals surface area contributed by atoms with E-state index < -0.39 is 16.1 Å². The molecule has 0 unspecified atom stereocenters. The molecule has 0 bridgehead atoms. The Labute approximate surface area is 597 Å². The molecule has 0 radical (unpaired) electrons. The van der Waals surface area contributed by atoms with E-state index in [0.717, 1.165) is 16.5 Å². The van der Waals surface area contributed by atoms with Crippen molar-refractivity contribution in [2.75, 3.05) is 0 Å². The van der Waals surface area contributed by atoms with Crippen molar-refractivity contribution in [1.29, 1.82) is 0 Å². The molecule has 1 aliphatic carbocycles. The van der Waals surface area contributed by atoms with E-state index in [1.807, 2.05) is 78.9 Å². The van der Waals surface area contributed by atoms with E-state index in [-0.39, 0.29) is 35.6 Å². The molecule has 0 amide bonds. The van der Waals surface area contributed by atoms with Crippen LogP contribution in [0.15, 0.2) is 328 Å². The van der Waals surface area contributed by atoms with Gasteiger partial charge in [-0.05, 0) is 75.8 Å². The molecule has 0 saturated carbocycles. The number of fused-ring (bicyclic) bond motifs is 3. The zero-order chi connectivity index (χ0) is 63.9. The van der Waals surface area contributed by atoms with Gasteiger partial charge in [0.1, 0.15) is 0 Å². The van der Waals surface area contributed by atoms with Crippen LogP contribution in [-0.4, -0.2) is 19.4 Å². The van der Waals surface area contributed by atoms with E-state index in [9.17, 15) is 0 Å². The van der Waals surface area contributed by atoms with Crippen molar-refractivity contribution < 1.29 is 49.0 Å². The van der Waals surface area contributed by atoms with Crippen LogP contribution in [0.5, 0.6) is 0 Å². The Balaban J connectivity index is 0.000000355. The van der Waals surface area contributed by atoms with Crippen molar-refractivity contribution in [2.24, 2.45) is 0 Å². The van der Waals surface area contributed by atoms with Crippen molar-refractivity contribution in [1.82, 2.24) is 0 Å². The quantitative estimate of drug-likeness (QED) is 0.0650. The summed E-state index contributed by atoms with van der Waals surface area (Å²) in [6.07, 6.45) is 0.821. The minimum Gasteiger partial charge on any atom is -1.00 e. The second-order valence-electron chi connectivity index (χ2n) is 25.8. The predicted molar refractivity (Wildman–Crippen MR) is 397 cm³/mol. The zero-order valence-electron chi connectivity index (χ0n) is 53.9. The number of hydrogen-bond acceptors (Lipinski definition) is 0. The predicted octanol–water partition coefficient (Wildman–Crippen LogP) is 11.3. The maximum absolute atomic E-state index is 5.86. The molecule has 0 saturated heterocycles. The first-order valence-corrected chi connectivity index (χ1v) is 37.7. The molecule has 0 heterocycles. The van der Waals surface area contributed by atoms with E-state index >= 15 is 0 Å². The van der Waals surface area contributed by atoms with Crippen LogP contribution in [0.2, 0.25) is 10.0 Å². The van der Waals surface area contributed by atoms with Gasteiger partial charge in [0.2, 0.25) is 0 Å². The van der Waals surface area contributed by atoms with Crippen molar-refractivity contribution >= 4 is 84.0 Å². The van der Waals surface area contributed by atoms with Crippen LogP contribution in [0.3, 0.4) is 0 Å². The van der Waals surface area contributed by atoms with Crippen LogP contribution in [0.25, 0.3) is 33.4 Å². The molecule has 1 aliphatic rings. The number of rotatable bonds is 12. The summed E-state index contributed by atoms with van der Waals surface area (Å²) in [7, 11) is -5.75.